The molecule has 1 aliphatic carbocycles. The molecule has 0 aromatic heterocycles. The molecule has 2 N–H and O–H groups in total. The minimum atomic E-state index is -4.65. The zero-order chi connectivity index (χ0) is 13.5. The average Bonchev–Trinajstić information content (AvgIpc) is 2.59. The van der Waals surface area contributed by atoms with Gasteiger partial charge in [0.2, 0.25) is 0 Å². The summed E-state index contributed by atoms with van der Waals surface area (Å²) in [6.45, 7) is 1.93. The van der Waals surface area contributed by atoms with E-state index in [0.29, 0.717) is 5.56 Å². The number of halogens is 4. The van der Waals surface area contributed by atoms with Crippen LogP contribution in [0.4, 0.5) is 17.6 Å². The Labute approximate surface area is 103 Å². The SMILES string of the molecule is CC1C(N)CCC1c1ccc(F)c(C(F)(F)F)c1. The van der Waals surface area contributed by atoms with Crippen LogP contribution in [0.5, 0.6) is 0 Å². The Morgan fingerprint density at radius 1 is 1.22 bits per heavy atom. The fourth-order valence-corrected chi connectivity index (χ4v) is 2.66. The predicted molar refractivity (Wildman–Crippen MR) is 60.5 cm³/mol. The molecule has 0 saturated heterocycles. The van der Waals surface area contributed by atoms with E-state index in [1.807, 2.05) is 6.92 Å². The van der Waals surface area contributed by atoms with Crippen molar-refractivity contribution in [1.82, 2.24) is 0 Å². The quantitative estimate of drug-likeness (QED) is 0.767. The van der Waals surface area contributed by atoms with Gasteiger partial charge >= 0.3 is 6.18 Å². The second-order valence-corrected chi connectivity index (χ2v) is 4.94. The first kappa shape index (κ1) is 13.3. The summed E-state index contributed by atoms with van der Waals surface area (Å²) in [6.07, 6.45) is -3.10. The average molecular weight is 261 g/mol. The van der Waals surface area contributed by atoms with E-state index in [-0.39, 0.29) is 17.9 Å². The van der Waals surface area contributed by atoms with Crippen molar-refractivity contribution in [3.8, 4) is 0 Å². The lowest BCUT2D eigenvalue weighted by Gasteiger charge is -2.20. The van der Waals surface area contributed by atoms with E-state index in [1.54, 1.807) is 0 Å². The summed E-state index contributed by atoms with van der Waals surface area (Å²) in [5.74, 6) is -1.11. The molecule has 100 valence electrons. The van der Waals surface area contributed by atoms with Gasteiger partial charge in [0.25, 0.3) is 0 Å². The molecule has 3 unspecified atom stereocenters. The predicted octanol–water partition coefficient (Wildman–Crippen LogP) is 3.69. The van der Waals surface area contributed by atoms with Crippen LogP contribution in [0.3, 0.4) is 0 Å². The first-order valence-electron chi connectivity index (χ1n) is 5.93. The summed E-state index contributed by atoms with van der Waals surface area (Å²) in [6, 6.07) is 3.27. The van der Waals surface area contributed by atoms with Crippen molar-refractivity contribution < 1.29 is 17.6 Å². The van der Waals surface area contributed by atoms with Crippen molar-refractivity contribution in [2.75, 3.05) is 0 Å². The monoisotopic (exact) mass is 261 g/mol. The van der Waals surface area contributed by atoms with Gasteiger partial charge < -0.3 is 5.73 Å². The maximum Gasteiger partial charge on any atom is 0.419 e. The standard InChI is InChI=1S/C13H15F4N/c1-7-9(3-5-12(7)18)8-2-4-11(14)10(6-8)13(15,16)17/h2,4,6-7,9,12H,3,5,18H2,1H3. The maximum absolute atomic E-state index is 13.2. The van der Waals surface area contributed by atoms with Gasteiger partial charge in [0.05, 0.1) is 5.56 Å². The maximum atomic E-state index is 13.2. The van der Waals surface area contributed by atoms with E-state index >= 15 is 0 Å². The fourth-order valence-electron chi connectivity index (χ4n) is 2.66. The molecule has 0 bridgehead atoms. The molecule has 1 aliphatic rings. The number of hydrogen-bond donors (Lipinski definition) is 1. The van der Waals surface area contributed by atoms with E-state index < -0.39 is 17.6 Å². The van der Waals surface area contributed by atoms with Gasteiger partial charge in [-0.15, -0.1) is 0 Å². The summed E-state index contributed by atoms with van der Waals surface area (Å²) in [4.78, 5) is 0. The lowest BCUT2D eigenvalue weighted by molar-refractivity contribution is -0.140. The van der Waals surface area contributed by atoms with Crippen LogP contribution in [0.1, 0.15) is 36.8 Å². The van der Waals surface area contributed by atoms with Gasteiger partial charge in [0.1, 0.15) is 5.82 Å². The van der Waals surface area contributed by atoms with Crippen LogP contribution in [0.2, 0.25) is 0 Å². The summed E-state index contributed by atoms with van der Waals surface area (Å²) in [5.41, 5.74) is 5.21. The summed E-state index contributed by atoms with van der Waals surface area (Å²) >= 11 is 0. The Bertz CT molecular complexity index is 441. The van der Waals surface area contributed by atoms with Crippen LogP contribution < -0.4 is 5.73 Å². The van der Waals surface area contributed by atoms with Crippen LogP contribution in [-0.2, 0) is 6.18 Å². The number of hydrogen-bond acceptors (Lipinski definition) is 1. The number of rotatable bonds is 1. The highest BCUT2D eigenvalue weighted by molar-refractivity contribution is 5.31. The van der Waals surface area contributed by atoms with E-state index in [9.17, 15) is 17.6 Å². The van der Waals surface area contributed by atoms with Gasteiger partial charge in [-0.05, 0) is 42.4 Å². The third kappa shape index (κ3) is 2.36. The van der Waals surface area contributed by atoms with Crippen molar-refractivity contribution in [3.63, 3.8) is 0 Å². The molecule has 1 fully saturated rings. The van der Waals surface area contributed by atoms with Gasteiger partial charge in [0.15, 0.2) is 0 Å². The van der Waals surface area contributed by atoms with Crippen LogP contribution in [-0.4, -0.2) is 6.04 Å². The van der Waals surface area contributed by atoms with E-state index in [1.165, 1.54) is 6.07 Å². The molecule has 5 heteroatoms. The lowest BCUT2D eigenvalue weighted by atomic mass is 9.88. The normalized spacial score (nSPS) is 28.7. The highest BCUT2D eigenvalue weighted by atomic mass is 19.4. The summed E-state index contributed by atoms with van der Waals surface area (Å²) < 4.78 is 51.1. The van der Waals surface area contributed by atoms with Gasteiger partial charge in [-0.2, -0.15) is 13.2 Å². The summed E-state index contributed by atoms with van der Waals surface area (Å²) in [5, 5.41) is 0. The van der Waals surface area contributed by atoms with Gasteiger partial charge in [0, 0.05) is 6.04 Å². The van der Waals surface area contributed by atoms with Gasteiger partial charge in [-0.1, -0.05) is 13.0 Å². The third-order valence-corrected chi connectivity index (χ3v) is 3.84. The number of nitrogens with two attached hydrogens (primary N) is 1. The molecule has 18 heavy (non-hydrogen) atoms. The fraction of sp³-hybridized carbons (Fsp3) is 0.538. The largest absolute Gasteiger partial charge is 0.419 e. The van der Waals surface area contributed by atoms with Crippen LogP contribution in [0.15, 0.2) is 18.2 Å². The Hall–Kier alpha value is -1.10. The molecular formula is C13H15F4N. The van der Waals surface area contributed by atoms with Crippen molar-refractivity contribution >= 4 is 0 Å². The lowest BCUT2D eigenvalue weighted by Crippen LogP contribution is -2.24. The van der Waals surface area contributed by atoms with Crippen molar-refractivity contribution in [3.05, 3.63) is 35.1 Å². The topological polar surface area (TPSA) is 26.0 Å². The molecule has 1 aromatic rings. The van der Waals surface area contributed by atoms with E-state index in [2.05, 4.69) is 0 Å². The zero-order valence-electron chi connectivity index (χ0n) is 9.97. The zero-order valence-corrected chi connectivity index (χ0v) is 9.97. The Morgan fingerprint density at radius 2 is 1.89 bits per heavy atom. The second kappa shape index (κ2) is 4.53. The molecule has 0 spiro atoms. The number of benzene rings is 1. The molecule has 1 nitrogen and oxygen atoms in total. The molecule has 0 radical (unpaired) electrons. The van der Waals surface area contributed by atoms with Crippen molar-refractivity contribution in [2.24, 2.45) is 11.7 Å². The number of alkyl halides is 3. The van der Waals surface area contributed by atoms with Gasteiger partial charge in [-0.25, -0.2) is 4.39 Å². The van der Waals surface area contributed by atoms with Crippen LogP contribution in [0, 0.1) is 11.7 Å². The Balaban J connectivity index is 2.36. The van der Waals surface area contributed by atoms with Gasteiger partial charge in [-0.3, -0.25) is 0 Å². The van der Waals surface area contributed by atoms with Crippen molar-refractivity contribution in [1.29, 1.82) is 0 Å². The molecule has 2 rings (SSSR count). The van der Waals surface area contributed by atoms with Crippen LogP contribution in [0.25, 0.3) is 0 Å². The first-order chi connectivity index (χ1) is 8.30. The molecule has 3 atom stereocenters. The van der Waals surface area contributed by atoms with Crippen molar-refractivity contribution in [2.45, 2.75) is 37.9 Å². The molecule has 0 heterocycles. The Morgan fingerprint density at radius 3 is 2.39 bits per heavy atom. The third-order valence-electron chi connectivity index (χ3n) is 3.84. The first-order valence-corrected chi connectivity index (χ1v) is 5.93. The highest BCUT2D eigenvalue weighted by Crippen LogP contribution is 2.41. The Kier molecular flexibility index (Phi) is 3.36. The highest BCUT2D eigenvalue weighted by Gasteiger charge is 2.37. The molecule has 1 aromatic carbocycles. The minimum absolute atomic E-state index is 0.00869. The molecule has 0 aliphatic heterocycles. The van der Waals surface area contributed by atoms with E-state index in [0.717, 1.165) is 25.0 Å². The summed E-state index contributed by atoms with van der Waals surface area (Å²) in [7, 11) is 0. The molecule has 1 saturated carbocycles. The van der Waals surface area contributed by atoms with E-state index in [4.69, 9.17) is 5.73 Å². The molecular weight excluding hydrogens is 246 g/mol. The minimum Gasteiger partial charge on any atom is -0.327 e. The smallest absolute Gasteiger partial charge is 0.327 e. The molecule has 0 amide bonds. The van der Waals surface area contributed by atoms with Crippen LogP contribution >= 0.6 is 0 Å². The second-order valence-electron chi connectivity index (χ2n) is 4.94.